The number of ether oxygens (including phenoxy) is 1. The van der Waals surface area contributed by atoms with Crippen molar-refractivity contribution >= 4 is 16.8 Å². The SMILES string of the molecule is CCOc1ccccc1N1CC[NH+](Cn2c(=O)oc3ccccc32)CC1. The molecule has 1 aliphatic rings. The lowest BCUT2D eigenvalue weighted by molar-refractivity contribution is -0.923. The van der Waals surface area contributed by atoms with Crippen LogP contribution in [0.4, 0.5) is 5.69 Å². The van der Waals surface area contributed by atoms with Crippen molar-refractivity contribution in [1.29, 1.82) is 0 Å². The van der Waals surface area contributed by atoms with Gasteiger partial charge in [0, 0.05) is 0 Å². The molecule has 0 amide bonds. The van der Waals surface area contributed by atoms with Crippen LogP contribution >= 0.6 is 0 Å². The summed E-state index contributed by atoms with van der Waals surface area (Å²) >= 11 is 0. The van der Waals surface area contributed by atoms with Crippen molar-refractivity contribution in [2.24, 2.45) is 0 Å². The van der Waals surface area contributed by atoms with E-state index in [1.807, 2.05) is 49.4 Å². The number of oxazole rings is 1. The molecule has 1 aliphatic heterocycles. The zero-order valence-corrected chi connectivity index (χ0v) is 15.0. The summed E-state index contributed by atoms with van der Waals surface area (Å²) in [6, 6.07) is 15.8. The summed E-state index contributed by atoms with van der Waals surface area (Å²) in [5.74, 6) is 0.665. The van der Waals surface area contributed by atoms with Gasteiger partial charge in [0.15, 0.2) is 12.3 Å². The summed E-state index contributed by atoms with van der Waals surface area (Å²) in [6.45, 7) is 7.11. The Morgan fingerprint density at radius 3 is 2.62 bits per heavy atom. The van der Waals surface area contributed by atoms with E-state index in [1.165, 1.54) is 4.90 Å². The van der Waals surface area contributed by atoms with Crippen LogP contribution in [0.2, 0.25) is 0 Å². The number of fused-ring (bicyclic) bond motifs is 1. The number of aromatic nitrogens is 1. The number of nitrogens with one attached hydrogen (secondary N) is 1. The minimum atomic E-state index is -0.275. The first-order chi connectivity index (χ1) is 12.8. The van der Waals surface area contributed by atoms with Crippen molar-refractivity contribution in [3.05, 3.63) is 59.1 Å². The molecule has 2 aromatic carbocycles. The second-order valence-corrected chi connectivity index (χ2v) is 6.56. The minimum Gasteiger partial charge on any atom is -0.492 e. The maximum atomic E-state index is 12.2. The molecule has 26 heavy (non-hydrogen) atoms. The van der Waals surface area contributed by atoms with Gasteiger partial charge in [-0.05, 0) is 31.2 Å². The first-order valence-corrected chi connectivity index (χ1v) is 9.15. The largest absolute Gasteiger partial charge is 0.492 e. The van der Waals surface area contributed by atoms with Crippen LogP contribution in [0.3, 0.4) is 0 Å². The Morgan fingerprint density at radius 2 is 1.81 bits per heavy atom. The highest BCUT2D eigenvalue weighted by atomic mass is 16.5. The number of piperazine rings is 1. The molecule has 0 atom stereocenters. The number of benzene rings is 2. The van der Waals surface area contributed by atoms with E-state index in [4.69, 9.17) is 9.15 Å². The van der Waals surface area contributed by atoms with Gasteiger partial charge in [0.05, 0.1) is 44.0 Å². The Balaban J connectivity index is 1.46. The number of anilines is 1. The number of quaternary nitrogens is 1. The van der Waals surface area contributed by atoms with Crippen LogP contribution in [0, 0.1) is 0 Å². The predicted molar refractivity (Wildman–Crippen MR) is 101 cm³/mol. The topological polar surface area (TPSA) is 52.0 Å². The Morgan fingerprint density at radius 1 is 1.08 bits per heavy atom. The van der Waals surface area contributed by atoms with E-state index < -0.39 is 0 Å². The van der Waals surface area contributed by atoms with Crippen molar-refractivity contribution in [1.82, 2.24) is 4.57 Å². The number of rotatable bonds is 5. The average Bonchev–Trinajstić information content (AvgIpc) is 2.99. The van der Waals surface area contributed by atoms with Gasteiger partial charge in [0.1, 0.15) is 5.75 Å². The number of hydrogen-bond acceptors (Lipinski definition) is 4. The summed E-state index contributed by atoms with van der Waals surface area (Å²) < 4.78 is 12.8. The number of nitrogens with zero attached hydrogens (tertiary/aromatic N) is 2. The Kier molecular flexibility index (Phi) is 4.67. The van der Waals surface area contributed by atoms with Crippen molar-refractivity contribution < 1.29 is 14.1 Å². The second-order valence-electron chi connectivity index (χ2n) is 6.56. The third-order valence-electron chi connectivity index (χ3n) is 4.93. The van der Waals surface area contributed by atoms with E-state index in [2.05, 4.69) is 11.0 Å². The molecule has 1 saturated heterocycles. The third-order valence-corrected chi connectivity index (χ3v) is 4.93. The Bertz CT molecular complexity index is 939. The van der Waals surface area contributed by atoms with Crippen molar-refractivity contribution in [3.63, 3.8) is 0 Å². The fourth-order valence-electron chi connectivity index (χ4n) is 3.61. The summed E-state index contributed by atoms with van der Waals surface area (Å²) in [6.07, 6.45) is 0. The lowest BCUT2D eigenvalue weighted by Gasteiger charge is -2.34. The van der Waals surface area contributed by atoms with E-state index in [1.54, 1.807) is 4.57 Å². The number of para-hydroxylation sites is 4. The molecule has 0 saturated carbocycles. The monoisotopic (exact) mass is 354 g/mol. The highest BCUT2D eigenvalue weighted by molar-refractivity contribution is 5.72. The molecule has 4 rings (SSSR count). The maximum Gasteiger partial charge on any atom is 0.424 e. The zero-order valence-electron chi connectivity index (χ0n) is 15.0. The van der Waals surface area contributed by atoms with Crippen LogP contribution in [-0.4, -0.2) is 37.4 Å². The van der Waals surface area contributed by atoms with Crippen LogP contribution in [-0.2, 0) is 6.67 Å². The smallest absolute Gasteiger partial charge is 0.424 e. The Hall–Kier alpha value is -2.73. The zero-order chi connectivity index (χ0) is 17.9. The second kappa shape index (κ2) is 7.25. The Labute approximate surface area is 152 Å². The van der Waals surface area contributed by atoms with E-state index >= 15 is 0 Å². The van der Waals surface area contributed by atoms with E-state index in [-0.39, 0.29) is 5.76 Å². The first kappa shape index (κ1) is 16.7. The summed E-state index contributed by atoms with van der Waals surface area (Å²) in [5, 5.41) is 0. The molecule has 6 nitrogen and oxygen atoms in total. The lowest BCUT2D eigenvalue weighted by Crippen LogP contribution is -3.14. The summed E-state index contributed by atoms with van der Waals surface area (Å²) in [5.41, 5.74) is 2.68. The van der Waals surface area contributed by atoms with Crippen LogP contribution in [0.5, 0.6) is 5.75 Å². The third kappa shape index (κ3) is 3.20. The van der Waals surface area contributed by atoms with Gasteiger partial charge < -0.3 is 19.0 Å². The van der Waals surface area contributed by atoms with E-state index in [0.29, 0.717) is 18.9 Å². The van der Waals surface area contributed by atoms with Crippen molar-refractivity contribution in [2.75, 3.05) is 37.7 Å². The normalized spacial score (nSPS) is 15.5. The van der Waals surface area contributed by atoms with Crippen LogP contribution in [0.25, 0.3) is 11.1 Å². The van der Waals surface area contributed by atoms with Crippen molar-refractivity contribution in [2.45, 2.75) is 13.6 Å². The van der Waals surface area contributed by atoms with Gasteiger partial charge in [-0.15, -0.1) is 0 Å². The quantitative estimate of drug-likeness (QED) is 0.752. The van der Waals surface area contributed by atoms with Gasteiger partial charge in [-0.1, -0.05) is 24.3 Å². The van der Waals surface area contributed by atoms with Gasteiger partial charge in [0.2, 0.25) is 0 Å². The van der Waals surface area contributed by atoms with Gasteiger partial charge >= 0.3 is 5.76 Å². The molecule has 0 bridgehead atoms. The molecule has 2 heterocycles. The van der Waals surface area contributed by atoms with Crippen LogP contribution < -0.4 is 20.3 Å². The fourth-order valence-corrected chi connectivity index (χ4v) is 3.61. The molecule has 1 aromatic heterocycles. The van der Waals surface area contributed by atoms with Gasteiger partial charge in [-0.2, -0.15) is 0 Å². The van der Waals surface area contributed by atoms with E-state index in [0.717, 1.165) is 43.1 Å². The van der Waals surface area contributed by atoms with Crippen LogP contribution in [0.1, 0.15) is 6.92 Å². The van der Waals surface area contributed by atoms with Gasteiger partial charge in [0.25, 0.3) is 0 Å². The van der Waals surface area contributed by atoms with Crippen molar-refractivity contribution in [3.8, 4) is 5.75 Å². The standard InChI is InChI=1S/C20H23N3O3/c1-2-25-18-9-5-3-7-16(18)22-13-11-21(12-14-22)15-23-17-8-4-6-10-19(17)26-20(23)24/h3-10H,2,11-15H2,1H3/p+1. The van der Waals surface area contributed by atoms with Crippen LogP contribution in [0.15, 0.2) is 57.7 Å². The molecule has 1 N–H and O–H groups in total. The number of hydrogen-bond donors (Lipinski definition) is 1. The molecule has 0 aliphatic carbocycles. The highest BCUT2D eigenvalue weighted by Crippen LogP contribution is 2.27. The minimum absolute atomic E-state index is 0.275. The molecular weight excluding hydrogens is 330 g/mol. The first-order valence-electron chi connectivity index (χ1n) is 9.15. The molecular formula is C20H24N3O3+. The molecule has 0 spiro atoms. The molecule has 3 aromatic rings. The maximum absolute atomic E-state index is 12.2. The lowest BCUT2D eigenvalue weighted by atomic mass is 10.2. The summed E-state index contributed by atoms with van der Waals surface area (Å²) in [7, 11) is 0. The van der Waals surface area contributed by atoms with Gasteiger partial charge in [-0.25, -0.2) is 9.36 Å². The molecule has 0 unspecified atom stereocenters. The molecule has 0 radical (unpaired) electrons. The summed E-state index contributed by atoms with van der Waals surface area (Å²) in [4.78, 5) is 15.9. The van der Waals surface area contributed by atoms with Gasteiger partial charge in [-0.3, -0.25) is 0 Å². The molecule has 136 valence electrons. The average molecular weight is 354 g/mol. The highest BCUT2D eigenvalue weighted by Gasteiger charge is 2.23. The molecule has 1 fully saturated rings. The fraction of sp³-hybridized carbons (Fsp3) is 0.350. The predicted octanol–water partition coefficient (Wildman–Crippen LogP) is 1.36. The van der Waals surface area contributed by atoms with E-state index in [9.17, 15) is 4.79 Å². The molecule has 6 heteroatoms.